The molecule has 0 aromatic carbocycles. The van der Waals surface area contributed by atoms with Crippen molar-refractivity contribution in [2.45, 2.75) is 52.9 Å². The van der Waals surface area contributed by atoms with Crippen molar-refractivity contribution in [3.8, 4) is 11.5 Å². The van der Waals surface area contributed by atoms with E-state index in [1.54, 1.807) is 6.92 Å². The minimum Gasteiger partial charge on any atom is -0.435 e. The molecule has 0 aromatic heterocycles. The van der Waals surface area contributed by atoms with Crippen LogP contribution in [-0.4, -0.2) is 26.9 Å². The Balaban J connectivity index is 4.52. The van der Waals surface area contributed by atoms with Gasteiger partial charge in [0.25, 0.3) is 0 Å². The molecule has 0 aliphatic rings. The van der Waals surface area contributed by atoms with Gasteiger partial charge in [-0.25, -0.2) is 4.79 Å². The van der Waals surface area contributed by atoms with E-state index < -0.39 is 14.2 Å². The number of hydrogen-bond donors (Lipinski definition) is 0. The van der Waals surface area contributed by atoms with Gasteiger partial charge in [0.2, 0.25) is 0 Å². The van der Waals surface area contributed by atoms with Gasteiger partial charge < -0.3 is 9.47 Å². The van der Waals surface area contributed by atoms with Gasteiger partial charge in [-0.3, -0.25) is 0 Å². The Kier molecular flexibility index (Phi) is 6.97. The van der Waals surface area contributed by atoms with Gasteiger partial charge in [0, 0.05) is 0 Å². The van der Waals surface area contributed by atoms with E-state index in [9.17, 15) is 4.79 Å². The quantitative estimate of drug-likeness (QED) is 0.439. The van der Waals surface area contributed by atoms with E-state index in [1.165, 1.54) is 0 Å². The van der Waals surface area contributed by atoms with Crippen LogP contribution in [0.4, 0.5) is 4.79 Å². The predicted octanol–water partition coefficient (Wildman–Crippen LogP) is 3.46. The molecule has 1 unspecified atom stereocenters. The van der Waals surface area contributed by atoms with Crippen LogP contribution in [0, 0.1) is 17.4 Å². The van der Waals surface area contributed by atoms with Crippen LogP contribution in [0.1, 0.15) is 27.2 Å². The maximum atomic E-state index is 11.3. The molecule has 0 rings (SSSR count). The first-order chi connectivity index (χ1) is 7.74. The molecule has 98 valence electrons. The summed E-state index contributed by atoms with van der Waals surface area (Å²) in [6.07, 6.45) is -0.222. The summed E-state index contributed by atoms with van der Waals surface area (Å²) < 4.78 is 9.95. The van der Waals surface area contributed by atoms with E-state index in [0.717, 1.165) is 6.42 Å². The maximum Gasteiger partial charge on any atom is 0.509 e. The molecule has 4 heteroatoms. The summed E-state index contributed by atoms with van der Waals surface area (Å²) in [6.45, 7) is 12.7. The molecule has 17 heavy (non-hydrogen) atoms. The van der Waals surface area contributed by atoms with Crippen LogP contribution in [0.15, 0.2) is 0 Å². The predicted molar refractivity (Wildman–Crippen MR) is 72.5 cm³/mol. The molecular formula is C13H24O3Si. The average Bonchev–Trinajstić information content (AvgIpc) is 2.12. The third-order valence-corrected chi connectivity index (χ3v) is 2.69. The van der Waals surface area contributed by atoms with Crippen molar-refractivity contribution in [3.63, 3.8) is 0 Å². The minimum absolute atomic E-state index is 0.328. The lowest BCUT2D eigenvalue weighted by Gasteiger charge is -2.15. The maximum absolute atomic E-state index is 11.3. The van der Waals surface area contributed by atoms with E-state index in [1.807, 2.05) is 0 Å². The summed E-state index contributed by atoms with van der Waals surface area (Å²) in [6, 6.07) is 0. The lowest BCUT2D eigenvalue weighted by atomic mass is 10.1. The largest absolute Gasteiger partial charge is 0.509 e. The van der Waals surface area contributed by atoms with Gasteiger partial charge in [0.1, 0.15) is 8.07 Å². The molecule has 0 saturated carbocycles. The topological polar surface area (TPSA) is 35.5 Å². The first-order valence-electron chi connectivity index (χ1n) is 6.10. The van der Waals surface area contributed by atoms with Crippen molar-refractivity contribution in [3.05, 3.63) is 0 Å². The van der Waals surface area contributed by atoms with Crippen LogP contribution < -0.4 is 0 Å². The molecule has 3 nitrogen and oxygen atoms in total. The molecule has 0 fully saturated rings. The molecule has 0 radical (unpaired) electrons. The van der Waals surface area contributed by atoms with E-state index in [2.05, 4.69) is 45.0 Å². The number of rotatable bonds is 4. The second-order valence-electron chi connectivity index (χ2n) is 5.44. The Hall–Kier alpha value is -0.953. The zero-order valence-electron chi connectivity index (χ0n) is 11.8. The fourth-order valence-electron chi connectivity index (χ4n) is 1.13. The Morgan fingerprint density at radius 1 is 1.29 bits per heavy atom. The zero-order valence-corrected chi connectivity index (χ0v) is 12.8. The average molecular weight is 256 g/mol. The van der Waals surface area contributed by atoms with Crippen LogP contribution in [0.2, 0.25) is 19.6 Å². The molecule has 0 aliphatic carbocycles. The molecule has 1 atom stereocenters. The van der Waals surface area contributed by atoms with E-state index >= 15 is 0 Å². The van der Waals surface area contributed by atoms with Crippen molar-refractivity contribution in [2.24, 2.45) is 5.92 Å². The first kappa shape index (κ1) is 16.0. The van der Waals surface area contributed by atoms with Crippen molar-refractivity contribution >= 4 is 14.2 Å². The van der Waals surface area contributed by atoms with E-state index in [-0.39, 0.29) is 6.10 Å². The monoisotopic (exact) mass is 256 g/mol. The lowest BCUT2D eigenvalue weighted by molar-refractivity contribution is 0.0378. The second-order valence-corrected chi connectivity index (χ2v) is 10.2. The molecule has 0 heterocycles. The third kappa shape index (κ3) is 9.95. The summed E-state index contributed by atoms with van der Waals surface area (Å²) in [5.41, 5.74) is 3.23. The van der Waals surface area contributed by atoms with Crippen LogP contribution in [-0.2, 0) is 9.47 Å². The van der Waals surface area contributed by atoms with Crippen molar-refractivity contribution in [1.29, 1.82) is 0 Å². The van der Waals surface area contributed by atoms with Gasteiger partial charge in [0.15, 0.2) is 6.10 Å². The van der Waals surface area contributed by atoms with Gasteiger partial charge in [-0.1, -0.05) is 39.4 Å². The van der Waals surface area contributed by atoms with E-state index in [0.29, 0.717) is 12.5 Å². The van der Waals surface area contributed by atoms with Crippen LogP contribution in [0.25, 0.3) is 0 Å². The van der Waals surface area contributed by atoms with Gasteiger partial charge in [-0.2, -0.15) is 0 Å². The molecule has 0 N–H and O–H groups in total. The molecule has 0 bridgehead atoms. The SMILES string of the molecule is CCOC(=O)OC(C#C[Si](C)(C)C)CC(C)C. The number of hydrogen-bond acceptors (Lipinski definition) is 3. The Morgan fingerprint density at radius 2 is 1.88 bits per heavy atom. The molecule has 0 amide bonds. The highest BCUT2D eigenvalue weighted by Gasteiger charge is 2.16. The summed E-state index contributed by atoms with van der Waals surface area (Å²) in [5, 5.41) is 0. The summed E-state index contributed by atoms with van der Waals surface area (Å²) in [7, 11) is -1.43. The zero-order chi connectivity index (χ0) is 13.5. The third-order valence-electron chi connectivity index (χ3n) is 1.79. The van der Waals surface area contributed by atoms with E-state index in [4.69, 9.17) is 9.47 Å². The highest BCUT2D eigenvalue weighted by molar-refractivity contribution is 6.83. The number of carbonyl (C=O) groups is 1. The fourth-order valence-corrected chi connectivity index (χ4v) is 1.72. The molecular weight excluding hydrogens is 232 g/mol. The standard InChI is InChI=1S/C13H24O3Si/c1-7-15-13(14)16-12(10-11(2)3)8-9-17(4,5)6/h11-12H,7,10H2,1-6H3. The Bertz CT molecular complexity index is 294. The van der Waals surface area contributed by atoms with Crippen LogP contribution >= 0.6 is 0 Å². The second kappa shape index (κ2) is 7.39. The van der Waals surface area contributed by atoms with Crippen molar-refractivity contribution in [2.75, 3.05) is 6.61 Å². The van der Waals surface area contributed by atoms with Crippen LogP contribution in [0.3, 0.4) is 0 Å². The molecule has 0 spiro atoms. The summed E-state index contributed by atoms with van der Waals surface area (Å²) in [4.78, 5) is 11.3. The summed E-state index contributed by atoms with van der Waals surface area (Å²) in [5.74, 6) is 3.50. The summed E-state index contributed by atoms with van der Waals surface area (Å²) >= 11 is 0. The Morgan fingerprint density at radius 3 is 2.29 bits per heavy atom. The fraction of sp³-hybridized carbons (Fsp3) is 0.769. The minimum atomic E-state index is -1.43. The van der Waals surface area contributed by atoms with Gasteiger partial charge >= 0.3 is 6.16 Å². The first-order valence-corrected chi connectivity index (χ1v) is 9.60. The number of carbonyl (C=O) groups excluding carboxylic acids is 1. The Labute approximate surface area is 106 Å². The molecule has 0 aromatic rings. The smallest absolute Gasteiger partial charge is 0.435 e. The van der Waals surface area contributed by atoms with Crippen molar-refractivity contribution < 1.29 is 14.3 Å². The molecule has 0 aliphatic heterocycles. The van der Waals surface area contributed by atoms with Gasteiger partial charge in [-0.15, -0.1) is 5.54 Å². The van der Waals surface area contributed by atoms with Crippen LogP contribution in [0.5, 0.6) is 0 Å². The van der Waals surface area contributed by atoms with Crippen molar-refractivity contribution in [1.82, 2.24) is 0 Å². The number of ether oxygens (including phenoxy) is 2. The lowest BCUT2D eigenvalue weighted by Crippen LogP contribution is -2.22. The molecule has 0 saturated heterocycles. The van der Waals surface area contributed by atoms with Gasteiger partial charge in [-0.05, 0) is 19.3 Å². The highest BCUT2D eigenvalue weighted by atomic mass is 28.3. The normalized spacial score (nSPS) is 12.6. The van der Waals surface area contributed by atoms with Gasteiger partial charge in [0.05, 0.1) is 6.61 Å². The highest BCUT2D eigenvalue weighted by Crippen LogP contribution is 2.09.